The fourth-order valence-electron chi connectivity index (χ4n) is 3.09. The van der Waals surface area contributed by atoms with Crippen LogP contribution in [-0.2, 0) is 0 Å². The molecule has 2 aromatic carbocycles. The zero-order valence-electron chi connectivity index (χ0n) is 15.4. The van der Waals surface area contributed by atoms with Crippen molar-refractivity contribution in [1.29, 1.82) is 0 Å². The van der Waals surface area contributed by atoms with Crippen LogP contribution in [0.2, 0.25) is 0 Å². The fraction of sp³-hybridized carbons (Fsp3) is 0.350. The first-order valence-electron chi connectivity index (χ1n) is 8.80. The number of nitro groups is 1. The van der Waals surface area contributed by atoms with Gasteiger partial charge in [0.1, 0.15) is 0 Å². The third-order valence-corrected chi connectivity index (χ3v) is 4.55. The Morgan fingerprint density at radius 2 is 1.81 bits per heavy atom. The molecule has 1 amide bonds. The zero-order chi connectivity index (χ0) is 19.1. The number of benzene rings is 2. The van der Waals surface area contributed by atoms with E-state index in [2.05, 4.69) is 36.2 Å². The molecule has 2 aromatic rings. The molecule has 0 bridgehead atoms. The average Bonchev–Trinajstić information content (AvgIpc) is 2.65. The number of rotatable bonds is 8. The molecule has 26 heavy (non-hydrogen) atoms. The van der Waals surface area contributed by atoms with Gasteiger partial charge in [-0.3, -0.25) is 19.8 Å². The second kappa shape index (κ2) is 9.10. The van der Waals surface area contributed by atoms with Crippen LogP contribution in [-0.4, -0.2) is 35.4 Å². The number of hydrogen-bond acceptors (Lipinski definition) is 4. The molecule has 2 rings (SSSR count). The van der Waals surface area contributed by atoms with Crippen LogP contribution < -0.4 is 5.32 Å². The molecule has 6 heteroatoms. The van der Waals surface area contributed by atoms with Crippen molar-refractivity contribution < 1.29 is 9.72 Å². The molecule has 1 N–H and O–H groups in total. The largest absolute Gasteiger partial charge is 0.350 e. The number of hydrogen-bond donors (Lipinski definition) is 1. The molecule has 0 saturated heterocycles. The summed E-state index contributed by atoms with van der Waals surface area (Å²) < 4.78 is 0. The van der Waals surface area contributed by atoms with Crippen LogP contribution in [0.4, 0.5) is 5.69 Å². The Kier molecular flexibility index (Phi) is 6.86. The van der Waals surface area contributed by atoms with Crippen LogP contribution >= 0.6 is 0 Å². The van der Waals surface area contributed by atoms with Gasteiger partial charge in [0, 0.05) is 23.7 Å². The molecule has 138 valence electrons. The van der Waals surface area contributed by atoms with E-state index in [1.54, 1.807) is 13.0 Å². The molecule has 0 fully saturated rings. The van der Waals surface area contributed by atoms with Gasteiger partial charge in [-0.05, 0) is 37.7 Å². The van der Waals surface area contributed by atoms with Crippen molar-refractivity contribution in [3.05, 3.63) is 75.3 Å². The summed E-state index contributed by atoms with van der Waals surface area (Å²) in [7, 11) is 0. The Hall–Kier alpha value is -2.73. The van der Waals surface area contributed by atoms with Crippen LogP contribution in [0.25, 0.3) is 0 Å². The average molecular weight is 355 g/mol. The van der Waals surface area contributed by atoms with Gasteiger partial charge >= 0.3 is 0 Å². The van der Waals surface area contributed by atoms with E-state index in [1.165, 1.54) is 12.1 Å². The highest BCUT2D eigenvalue weighted by Gasteiger charge is 2.20. The van der Waals surface area contributed by atoms with E-state index >= 15 is 0 Å². The minimum Gasteiger partial charge on any atom is -0.350 e. The van der Waals surface area contributed by atoms with Gasteiger partial charge in [-0.1, -0.05) is 44.2 Å². The second-order valence-corrected chi connectivity index (χ2v) is 6.12. The summed E-state index contributed by atoms with van der Waals surface area (Å²) in [6.45, 7) is 8.06. The van der Waals surface area contributed by atoms with Gasteiger partial charge in [0.15, 0.2) is 0 Å². The molecule has 0 heterocycles. The van der Waals surface area contributed by atoms with Crippen LogP contribution in [0.1, 0.15) is 41.4 Å². The number of nitro benzene ring substituents is 1. The number of likely N-dealkylation sites (N-methyl/N-ethyl adjacent to an activating group) is 1. The molecule has 0 saturated carbocycles. The molecular weight excluding hydrogens is 330 g/mol. The normalized spacial score (nSPS) is 12.0. The van der Waals surface area contributed by atoms with E-state index in [4.69, 9.17) is 0 Å². The Balaban J connectivity index is 2.14. The molecule has 1 atom stereocenters. The lowest BCUT2D eigenvalue weighted by Crippen LogP contribution is -2.38. The number of amides is 1. The molecule has 0 aliphatic carbocycles. The summed E-state index contributed by atoms with van der Waals surface area (Å²) in [5, 5.41) is 13.9. The highest BCUT2D eigenvalue weighted by molar-refractivity contribution is 5.94. The van der Waals surface area contributed by atoms with Gasteiger partial charge in [-0.2, -0.15) is 0 Å². The van der Waals surface area contributed by atoms with Crippen molar-refractivity contribution in [2.75, 3.05) is 19.6 Å². The summed E-state index contributed by atoms with van der Waals surface area (Å²) >= 11 is 0. The predicted octanol–water partition coefficient (Wildman–Crippen LogP) is 3.72. The lowest BCUT2D eigenvalue weighted by molar-refractivity contribution is -0.385. The third-order valence-electron chi connectivity index (χ3n) is 4.55. The lowest BCUT2D eigenvalue weighted by Gasteiger charge is -2.30. The summed E-state index contributed by atoms with van der Waals surface area (Å²) in [5.74, 6) is -0.226. The number of aryl methyl sites for hydroxylation is 1. The molecule has 0 aliphatic rings. The Morgan fingerprint density at radius 3 is 2.35 bits per heavy atom. The molecule has 0 aromatic heterocycles. The van der Waals surface area contributed by atoms with Gasteiger partial charge in [-0.25, -0.2) is 0 Å². The van der Waals surface area contributed by atoms with Crippen molar-refractivity contribution in [3.63, 3.8) is 0 Å². The Bertz CT molecular complexity index is 758. The van der Waals surface area contributed by atoms with Gasteiger partial charge in [0.25, 0.3) is 11.6 Å². The summed E-state index contributed by atoms with van der Waals surface area (Å²) in [4.78, 5) is 25.3. The maximum Gasteiger partial charge on any atom is 0.272 e. The Morgan fingerprint density at radius 1 is 1.15 bits per heavy atom. The van der Waals surface area contributed by atoms with Crippen molar-refractivity contribution >= 4 is 11.6 Å². The Labute approximate surface area is 154 Å². The van der Waals surface area contributed by atoms with Crippen LogP contribution in [0.5, 0.6) is 0 Å². The van der Waals surface area contributed by atoms with Crippen molar-refractivity contribution in [1.82, 2.24) is 10.2 Å². The number of nitrogens with zero attached hydrogens (tertiary/aromatic N) is 2. The second-order valence-electron chi connectivity index (χ2n) is 6.12. The fourth-order valence-corrected chi connectivity index (χ4v) is 3.09. The number of carbonyl (C=O) groups excluding carboxylic acids is 1. The molecule has 0 spiro atoms. The highest BCUT2D eigenvalue weighted by Crippen LogP contribution is 2.21. The van der Waals surface area contributed by atoms with E-state index in [0.29, 0.717) is 17.7 Å². The van der Waals surface area contributed by atoms with Crippen LogP contribution in [0.15, 0.2) is 48.5 Å². The maximum atomic E-state index is 12.5. The smallest absolute Gasteiger partial charge is 0.272 e. The van der Waals surface area contributed by atoms with E-state index in [1.807, 2.05) is 18.2 Å². The SMILES string of the molecule is CCN(CC)C(CNC(=O)c1ccc([N+](=O)[O-])c(C)c1)c1ccccc1. The van der Waals surface area contributed by atoms with E-state index in [9.17, 15) is 14.9 Å². The van der Waals surface area contributed by atoms with Gasteiger partial charge < -0.3 is 5.32 Å². The highest BCUT2D eigenvalue weighted by atomic mass is 16.6. The first-order valence-corrected chi connectivity index (χ1v) is 8.80. The number of nitrogens with one attached hydrogen (secondary N) is 1. The standard InChI is InChI=1S/C20H25N3O3/c1-4-22(5-2)19(16-9-7-6-8-10-16)14-21-20(24)17-11-12-18(23(25)26)15(3)13-17/h6-13,19H,4-5,14H2,1-3H3,(H,21,24). The molecule has 6 nitrogen and oxygen atoms in total. The summed E-state index contributed by atoms with van der Waals surface area (Å²) in [6, 6.07) is 14.6. The van der Waals surface area contributed by atoms with Gasteiger partial charge in [0.05, 0.1) is 11.0 Å². The minimum absolute atomic E-state index is 0.0202. The van der Waals surface area contributed by atoms with Gasteiger partial charge in [-0.15, -0.1) is 0 Å². The molecule has 0 aliphatic heterocycles. The number of carbonyl (C=O) groups is 1. The van der Waals surface area contributed by atoms with Crippen molar-refractivity contribution in [2.45, 2.75) is 26.8 Å². The van der Waals surface area contributed by atoms with E-state index in [0.717, 1.165) is 18.7 Å². The maximum absolute atomic E-state index is 12.5. The molecule has 1 unspecified atom stereocenters. The van der Waals surface area contributed by atoms with Crippen molar-refractivity contribution in [3.8, 4) is 0 Å². The van der Waals surface area contributed by atoms with Gasteiger partial charge in [0.2, 0.25) is 0 Å². The van der Waals surface area contributed by atoms with E-state index < -0.39 is 4.92 Å². The lowest BCUT2D eigenvalue weighted by atomic mass is 10.0. The van der Waals surface area contributed by atoms with Crippen LogP contribution in [0.3, 0.4) is 0 Å². The summed E-state index contributed by atoms with van der Waals surface area (Å²) in [6.07, 6.45) is 0. The van der Waals surface area contributed by atoms with E-state index in [-0.39, 0.29) is 17.6 Å². The van der Waals surface area contributed by atoms with Crippen molar-refractivity contribution in [2.24, 2.45) is 0 Å². The minimum atomic E-state index is -0.442. The third kappa shape index (κ3) is 4.67. The first kappa shape index (κ1) is 19.6. The quantitative estimate of drug-likeness (QED) is 0.578. The summed E-state index contributed by atoms with van der Waals surface area (Å²) in [5.41, 5.74) is 2.08. The monoisotopic (exact) mass is 355 g/mol. The molecule has 0 radical (unpaired) electrons. The first-order chi connectivity index (χ1) is 12.5. The zero-order valence-corrected chi connectivity index (χ0v) is 15.4. The molecular formula is C20H25N3O3. The topological polar surface area (TPSA) is 75.5 Å². The van der Waals surface area contributed by atoms with Crippen LogP contribution in [0, 0.1) is 17.0 Å². The predicted molar refractivity (Wildman–Crippen MR) is 102 cm³/mol.